The molecule has 1 aliphatic rings. The number of hydrogen-bond donors (Lipinski definition) is 2. The van der Waals surface area contributed by atoms with Gasteiger partial charge in [0, 0.05) is 24.0 Å². The molecule has 1 saturated carbocycles. The first kappa shape index (κ1) is 14.9. The first-order chi connectivity index (χ1) is 10.1. The van der Waals surface area contributed by atoms with Crippen molar-refractivity contribution in [2.45, 2.75) is 44.8 Å². The molecule has 0 spiro atoms. The van der Waals surface area contributed by atoms with E-state index in [9.17, 15) is 5.11 Å². The number of benzene rings is 1. The van der Waals surface area contributed by atoms with Crippen LogP contribution in [0.15, 0.2) is 28.7 Å². The monoisotopic (exact) mass is 307 g/mol. The maximum atomic E-state index is 10.6. The summed E-state index contributed by atoms with van der Waals surface area (Å²) in [7, 11) is 0. The van der Waals surface area contributed by atoms with Crippen molar-refractivity contribution < 1.29 is 9.52 Å². The van der Waals surface area contributed by atoms with Crippen molar-refractivity contribution in [2.24, 2.45) is 5.92 Å². The van der Waals surface area contributed by atoms with Gasteiger partial charge in [-0.05, 0) is 49.3 Å². The summed E-state index contributed by atoms with van der Waals surface area (Å²) in [5, 5.41) is 15.4. The predicted octanol–water partition coefficient (Wildman–Crippen LogP) is 4.12. The van der Waals surface area contributed by atoms with Gasteiger partial charge in [0.25, 0.3) is 0 Å². The molecule has 0 radical (unpaired) electrons. The molecule has 3 nitrogen and oxygen atoms in total. The molecule has 0 atom stereocenters. The number of halogens is 1. The fraction of sp³-hybridized carbons (Fsp3) is 0.529. The van der Waals surface area contributed by atoms with Crippen LogP contribution in [0, 0.1) is 5.92 Å². The summed E-state index contributed by atoms with van der Waals surface area (Å²) in [5.74, 6) is 0.734. The van der Waals surface area contributed by atoms with Crippen LogP contribution in [0.5, 0.6) is 0 Å². The number of hydrogen-bond acceptors (Lipinski definition) is 3. The van der Waals surface area contributed by atoms with Crippen molar-refractivity contribution in [2.75, 3.05) is 6.54 Å². The number of aliphatic hydroxyl groups is 1. The molecule has 21 heavy (non-hydrogen) atoms. The number of furan rings is 1. The van der Waals surface area contributed by atoms with E-state index >= 15 is 0 Å². The van der Waals surface area contributed by atoms with Gasteiger partial charge >= 0.3 is 0 Å². The lowest BCUT2D eigenvalue weighted by Gasteiger charge is -2.35. The molecule has 2 aromatic rings. The summed E-state index contributed by atoms with van der Waals surface area (Å²) in [6.45, 7) is 3.48. The number of para-hydroxylation sites is 1. The first-order valence-corrected chi connectivity index (χ1v) is 8.04. The second kappa shape index (κ2) is 5.99. The van der Waals surface area contributed by atoms with E-state index in [-0.39, 0.29) is 0 Å². The Labute approximate surface area is 130 Å². The van der Waals surface area contributed by atoms with Crippen LogP contribution in [0.4, 0.5) is 0 Å². The second-order valence-corrected chi connectivity index (χ2v) is 6.70. The normalized spacial score (nSPS) is 26.3. The highest BCUT2D eigenvalue weighted by Crippen LogP contribution is 2.32. The van der Waals surface area contributed by atoms with Crippen molar-refractivity contribution >= 4 is 22.6 Å². The van der Waals surface area contributed by atoms with Crippen LogP contribution in [-0.4, -0.2) is 17.3 Å². The number of nitrogens with one attached hydrogen (secondary N) is 1. The Bertz CT molecular complexity index is 614. The molecule has 0 bridgehead atoms. The highest BCUT2D eigenvalue weighted by Gasteiger charge is 2.31. The van der Waals surface area contributed by atoms with E-state index in [1.165, 1.54) is 0 Å². The Hall–Kier alpha value is -1.03. The van der Waals surface area contributed by atoms with Gasteiger partial charge in [-0.25, -0.2) is 0 Å². The fourth-order valence-corrected chi connectivity index (χ4v) is 3.38. The number of fused-ring (bicyclic) bond motifs is 1. The van der Waals surface area contributed by atoms with Gasteiger partial charge in [-0.1, -0.05) is 25.1 Å². The minimum atomic E-state index is -0.571. The molecule has 0 unspecified atom stereocenters. The molecule has 0 amide bonds. The molecule has 1 heterocycles. The third-order valence-corrected chi connectivity index (χ3v) is 4.92. The van der Waals surface area contributed by atoms with E-state index in [4.69, 9.17) is 16.0 Å². The summed E-state index contributed by atoms with van der Waals surface area (Å²) >= 11 is 6.17. The molecule has 1 fully saturated rings. The smallest absolute Gasteiger partial charge is 0.199 e. The van der Waals surface area contributed by atoms with Crippen LogP contribution in [-0.2, 0) is 6.54 Å². The largest absolute Gasteiger partial charge is 0.444 e. The van der Waals surface area contributed by atoms with Gasteiger partial charge in [0.1, 0.15) is 5.58 Å². The SMILES string of the molecule is CC1CCC(O)(CNCc2c(Cl)oc3ccccc23)CC1. The van der Waals surface area contributed by atoms with Gasteiger partial charge in [0.05, 0.1) is 5.60 Å². The van der Waals surface area contributed by atoms with Crippen LogP contribution in [0.1, 0.15) is 38.2 Å². The maximum Gasteiger partial charge on any atom is 0.199 e. The zero-order chi connectivity index (χ0) is 14.9. The van der Waals surface area contributed by atoms with Gasteiger partial charge < -0.3 is 14.8 Å². The predicted molar refractivity (Wildman–Crippen MR) is 85.5 cm³/mol. The standard InChI is InChI=1S/C17H22ClNO2/c1-12-6-8-17(20,9-7-12)11-19-10-14-13-4-2-3-5-15(13)21-16(14)18/h2-5,12,19-20H,6-11H2,1H3. The van der Waals surface area contributed by atoms with E-state index in [0.29, 0.717) is 18.3 Å². The highest BCUT2D eigenvalue weighted by molar-refractivity contribution is 6.30. The molecular weight excluding hydrogens is 286 g/mol. The van der Waals surface area contributed by atoms with Crippen molar-refractivity contribution in [3.05, 3.63) is 35.0 Å². The maximum absolute atomic E-state index is 10.6. The molecule has 0 saturated heterocycles. The van der Waals surface area contributed by atoms with Crippen molar-refractivity contribution in [3.63, 3.8) is 0 Å². The lowest BCUT2D eigenvalue weighted by atomic mass is 9.79. The van der Waals surface area contributed by atoms with Gasteiger partial charge in [-0.3, -0.25) is 0 Å². The zero-order valence-electron chi connectivity index (χ0n) is 12.4. The zero-order valence-corrected chi connectivity index (χ0v) is 13.1. The average molecular weight is 308 g/mol. The molecule has 4 heteroatoms. The van der Waals surface area contributed by atoms with E-state index < -0.39 is 5.60 Å². The van der Waals surface area contributed by atoms with Gasteiger partial charge in [-0.15, -0.1) is 0 Å². The van der Waals surface area contributed by atoms with Crippen molar-refractivity contribution in [1.29, 1.82) is 0 Å². The topological polar surface area (TPSA) is 45.4 Å². The fourth-order valence-electron chi connectivity index (χ4n) is 3.13. The van der Waals surface area contributed by atoms with Crippen molar-refractivity contribution in [1.82, 2.24) is 5.32 Å². The molecule has 3 rings (SSSR count). The third kappa shape index (κ3) is 3.25. The first-order valence-electron chi connectivity index (χ1n) is 7.66. The Morgan fingerprint density at radius 3 is 2.81 bits per heavy atom. The number of rotatable bonds is 4. The van der Waals surface area contributed by atoms with E-state index in [0.717, 1.165) is 48.1 Å². The van der Waals surface area contributed by atoms with Crippen LogP contribution in [0.25, 0.3) is 11.0 Å². The minimum Gasteiger partial charge on any atom is -0.444 e. The molecule has 1 aromatic carbocycles. The molecule has 2 N–H and O–H groups in total. The summed E-state index contributed by atoms with van der Waals surface area (Å²) in [4.78, 5) is 0. The Balaban J connectivity index is 1.63. The van der Waals surface area contributed by atoms with Gasteiger partial charge in [-0.2, -0.15) is 0 Å². The molecular formula is C17H22ClNO2. The average Bonchev–Trinajstić information content (AvgIpc) is 2.79. The molecule has 0 aliphatic heterocycles. The Morgan fingerprint density at radius 1 is 1.33 bits per heavy atom. The molecule has 1 aliphatic carbocycles. The van der Waals surface area contributed by atoms with Crippen LogP contribution < -0.4 is 5.32 Å². The van der Waals surface area contributed by atoms with E-state index in [1.54, 1.807) is 0 Å². The summed E-state index contributed by atoms with van der Waals surface area (Å²) in [6.07, 6.45) is 3.96. The van der Waals surface area contributed by atoms with E-state index in [2.05, 4.69) is 12.2 Å². The summed E-state index contributed by atoms with van der Waals surface area (Å²) < 4.78 is 5.54. The van der Waals surface area contributed by atoms with Crippen LogP contribution in [0.3, 0.4) is 0 Å². The van der Waals surface area contributed by atoms with Gasteiger partial charge in [0.15, 0.2) is 5.22 Å². The lowest BCUT2D eigenvalue weighted by molar-refractivity contribution is -0.00629. The van der Waals surface area contributed by atoms with Crippen molar-refractivity contribution in [3.8, 4) is 0 Å². The lowest BCUT2D eigenvalue weighted by Crippen LogP contribution is -2.43. The van der Waals surface area contributed by atoms with Gasteiger partial charge in [0.2, 0.25) is 0 Å². The van der Waals surface area contributed by atoms with Crippen LogP contribution >= 0.6 is 11.6 Å². The quantitative estimate of drug-likeness (QED) is 0.893. The Morgan fingerprint density at radius 2 is 2.05 bits per heavy atom. The molecule has 1 aromatic heterocycles. The minimum absolute atomic E-state index is 0.438. The Kier molecular flexibility index (Phi) is 4.25. The second-order valence-electron chi connectivity index (χ2n) is 6.36. The summed E-state index contributed by atoms with van der Waals surface area (Å²) in [5.41, 5.74) is 1.21. The van der Waals surface area contributed by atoms with E-state index in [1.807, 2.05) is 24.3 Å². The van der Waals surface area contributed by atoms with Crippen LogP contribution in [0.2, 0.25) is 5.22 Å². The highest BCUT2D eigenvalue weighted by atomic mass is 35.5. The molecule has 114 valence electrons. The summed E-state index contributed by atoms with van der Waals surface area (Å²) in [6, 6.07) is 7.85. The third-order valence-electron chi connectivity index (χ3n) is 4.61.